The van der Waals surface area contributed by atoms with Crippen LogP contribution in [0.1, 0.15) is 53.2 Å². The van der Waals surface area contributed by atoms with Crippen LogP contribution in [0.25, 0.3) is 0 Å². The smallest absolute Gasteiger partial charge is 0.253 e. The van der Waals surface area contributed by atoms with E-state index >= 15 is 0 Å². The lowest BCUT2D eigenvalue weighted by atomic mass is 9.91. The summed E-state index contributed by atoms with van der Waals surface area (Å²) in [5.41, 5.74) is 4.64. The van der Waals surface area contributed by atoms with Crippen molar-refractivity contribution < 1.29 is 9.53 Å². The standard InChI is InChI=1S/C26H36N4O2/c1-19(32-3)18-29(2)25-10-9-23(17-27-25)26(31)28-16-20-7-8-21-11-13-30(24-5-4-6-24)14-12-22(21)15-20/h7-10,15,17,19,24H,4-6,11-14,16,18H2,1-3H3,(H,28,31)/t19-/m0/s1. The summed E-state index contributed by atoms with van der Waals surface area (Å²) in [7, 11) is 3.68. The SMILES string of the molecule is CO[C@@H](C)CN(C)c1ccc(C(=O)NCc2ccc3c(c2)CCN(C2CCC2)CC3)cn1. The van der Waals surface area contributed by atoms with Crippen molar-refractivity contribution in [2.75, 3.05) is 38.7 Å². The molecule has 4 rings (SSSR count). The number of methoxy groups -OCH3 is 1. The van der Waals surface area contributed by atoms with Crippen LogP contribution in [0.3, 0.4) is 0 Å². The lowest BCUT2D eigenvalue weighted by molar-refractivity contribution is 0.0950. The van der Waals surface area contributed by atoms with Crippen LogP contribution in [0.5, 0.6) is 0 Å². The highest BCUT2D eigenvalue weighted by atomic mass is 16.5. The zero-order chi connectivity index (χ0) is 22.5. The van der Waals surface area contributed by atoms with Crippen LogP contribution in [0.4, 0.5) is 5.82 Å². The van der Waals surface area contributed by atoms with Crippen LogP contribution in [0.15, 0.2) is 36.5 Å². The molecule has 1 saturated carbocycles. The topological polar surface area (TPSA) is 57.7 Å². The number of benzene rings is 1. The van der Waals surface area contributed by atoms with Gasteiger partial charge in [-0.05, 0) is 61.4 Å². The maximum Gasteiger partial charge on any atom is 0.253 e. The molecule has 1 atom stereocenters. The fraction of sp³-hybridized carbons (Fsp3) is 0.538. The molecule has 1 N–H and O–H groups in total. The first-order valence-electron chi connectivity index (χ1n) is 11.9. The first-order valence-corrected chi connectivity index (χ1v) is 11.9. The summed E-state index contributed by atoms with van der Waals surface area (Å²) in [6.07, 6.45) is 8.12. The molecule has 1 aromatic heterocycles. The number of amides is 1. The maximum atomic E-state index is 12.6. The Bertz CT molecular complexity index is 911. The van der Waals surface area contributed by atoms with Crippen LogP contribution in [0, 0.1) is 0 Å². The van der Waals surface area contributed by atoms with Crippen molar-refractivity contribution in [2.45, 2.75) is 57.7 Å². The van der Waals surface area contributed by atoms with Gasteiger partial charge in [0, 0.05) is 52.6 Å². The average Bonchev–Trinajstić information content (AvgIpc) is 2.98. The average molecular weight is 437 g/mol. The number of carbonyl (C=O) groups excluding carboxylic acids is 1. The Balaban J connectivity index is 1.31. The molecule has 1 aliphatic carbocycles. The van der Waals surface area contributed by atoms with Gasteiger partial charge in [-0.3, -0.25) is 9.69 Å². The number of fused-ring (bicyclic) bond motifs is 1. The number of hydrogen-bond acceptors (Lipinski definition) is 5. The molecule has 1 aliphatic heterocycles. The largest absolute Gasteiger partial charge is 0.380 e. The van der Waals surface area contributed by atoms with Gasteiger partial charge in [-0.15, -0.1) is 0 Å². The quantitative estimate of drug-likeness (QED) is 0.687. The van der Waals surface area contributed by atoms with E-state index in [0.29, 0.717) is 12.1 Å². The van der Waals surface area contributed by atoms with Gasteiger partial charge in [-0.25, -0.2) is 4.98 Å². The molecule has 0 saturated heterocycles. The van der Waals surface area contributed by atoms with Crippen LogP contribution >= 0.6 is 0 Å². The maximum absolute atomic E-state index is 12.6. The monoisotopic (exact) mass is 436 g/mol. The number of carbonyl (C=O) groups is 1. The zero-order valence-electron chi connectivity index (χ0n) is 19.6. The lowest BCUT2D eigenvalue weighted by Gasteiger charge is -2.36. The second-order valence-electron chi connectivity index (χ2n) is 9.24. The van der Waals surface area contributed by atoms with Gasteiger partial charge >= 0.3 is 0 Å². The van der Waals surface area contributed by atoms with Crippen LogP contribution in [-0.4, -0.2) is 61.7 Å². The normalized spacial score (nSPS) is 17.7. The Hall–Kier alpha value is -2.44. The molecule has 2 heterocycles. The van der Waals surface area contributed by atoms with Crippen molar-refractivity contribution in [3.63, 3.8) is 0 Å². The zero-order valence-corrected chi connectivity index (χ0v) is 19.6. The summed E-state index contributed by atoms with van der Waals surface area (Å²) in [6.45, 7) is 5.63. The molecule has 1 amide bonds. The number of anilines is 1. The number of likely N-dealkylation sites (N-methyl/N-ethyl adjacent to an activating group) is 1. The number of hydrogen-bond donors (Lipinski definition) is 1. The van der Waals surface area contributed by atoms with E-state index < -0.39 is 0 Å². The Morgan fingerprint density at radius 3 is 2.66 bits per heavy atom. The minimum atomic E-state index is -0.0944. The molecule has 2 aromatic rings. The molecule has 0 spiro atoms. The van der Waals surface area contributed by atoms with E-state index in [0.717, 1.165) is 43.4 Å². The van der Waals surface area contributed by atoms with Crippen molar-refractivity contribution >= 4 is 11.7 Å². The van der Waals surface area contributed by atoms with Gasteiger partial charge in [0.2, 0.25) is 0 Å². The van der Waals surface area contributed by atoms with E-state index in [1.165, 1.54) is 36.9 Å². The molecule has 1 fully saturated rings. The second kappa shape index (κ2) is 10.5. The van der Waals surface area contributed by atoms with E-state index in [9.17, 15) is 4.79 Å². The molecule has 2 aliphatic rings. The van der Waals surface area contributed by atoms with E-state index in [1.807, 2.05) is 31.0 Å². The van der Waals surface area contributed by atoms with Crippen molar-refractivity contribution in [1.82, 2.24) is 15.2 Å². The van der Waals surface area contributed by atoms with E-state index in [2.05, 4.69) is 33.4 Å². The number of rotatable bonds is 8. The predicted molar refractivity (Wildman–Crippen MR) is 128 cm³/mol. The highest BCUT2D eigenvalue weighted by Gasteiger charge is 2.26. The Kier molecular flexibility index (Phi) is 7.43. The summed E-state index contributed by atoms with van der Waals surface area (Å²) in [4.78, 5) is 21.8. The Labute approximate surface area is 192 Å². The fourth-order valence-electron chi connectivity index (χ4n) is 4.61. The van der Waals surface area contributed by atoms with Gasteiger partial charge in [-0.1, -0.05) is 24.6 Å². The molecular formula is C26H36N4O2. The third kappa shape index (κ3) is 5.48. The van der Waals surface area contributed by atoms with Crippen molar-refractivity contribution in [2.24, 2.45) is 0 Å². The fourth-order valence-corrected chi connectivity index (χ4v) is 4.61. The number of pyridine rings is 1. The predicted octanol–water partition coefficient (Wildman–Crippen LogP) is 3.44. The summed E-state index contributed by atoms with van der Waals surface area (Å²) in [6, 6.07) is 11.2. The van der Waals surface area contributed by atoms with Gasteiger partial charge < -0.3 is 15.0 Å². The van der Waals surface area contributed by atoms with Gasteiger partial charge in [-0.2, -0.15) is 0 Å². The summed E-state index contributed by atoms with van der Waals surface area (Å²) in [5.74, 6) is 0.732. The Morgan fingerprint density at radius 2 is 2.00 bits per heavy atom. The van der Waals surface area contributed by atoms with Gasteiger partial charge in [0.25, 0.3) is 5.91 Å². The van der Waals surface area contributed by atoms with Gasteiger partial charge in [0.15, 0.2) is 0 Å². The van der Waals surface area contributed by atoms with E-state index in [-0.39, 0.29) is 12.0 Å². The molecule has 0 bridgehead atoms. The highest BCUT2D eigenvalue weighted by molar-refractivity contribution is 5.94. The molecule has 0 radical (unpaired) electrons. The molecule has 32 heavy (non-hydrogen) atoms. The summed E-state index contributed by atoms with van der Waals surface area (Å²) >= 11 is 0. The number of aromatic nitrogens is 1. The third-order valence-corrected chi connectivity index (χ3v) is 6.99. The molecule has 6 nitrogen and oxygen atoms in total. The summed E-state index contributed by atoms with van der Waals surface area (Å²) < 4.78 is 5.31. The van der Waals surface area contributed by atoms with Crippen molar-refractivity contribution in [1.29, 1.82) is 0 Å². The van der Waals surface area contributed by atoms with Gasteiger partial charge in [0.1, 0.15) is 5.82 Å². The van der Waals surface area contributed by atoms with Crippen LogP contribution in [0.2, 0.25) is 0 Å². The minimum Gasteiger partial charge on any atom is -0.380 e. The van der Waals surface area contributed by atoms with E-state index in [4.69, 9.17) is 4.74 Å². The summed E-state index contributed by atoms with van der Waals surface area (Å²) in [5, 5.41) is 3.05. The van der Waals surface area contributed by atoms with Crippen molar-refractivity contribution in [3.8, 4) is 0 Å². The van der Waals surface area contributed by atoms with Crippen molar-refractivity contribution in [3.05, 3.63) is 58.8 Å². The second-order valence-corrected chi connectivity index (χ2v) is 9.24. The first-order chi connectivity index (χ1) is 15.5. The van der Waals surface area contributed by atoms with E-state index in [1.54, 1.807) is 13.3 Å². The van der Waals surface area contributed by atoms with Gasteiger partial charge in [0.05, 0.1) is 11.7 Å². The first kappa shape index (κ1) is 22.7. The third-order valence-electron chi connectivity index (χ3n) is 6.99. The highest BCUT2D eigenvalue weighted by Crippen LogP contribution is 2.27. The number of nitrogens with one attached hydrogen (secondary N) is 1. The number of nitrogens with zero attached hydrogens (tertiary/aromatic N) is 3. The minimum absolute atomic E-state index is 0.0944. The molecule has 172 valence electrons. The molecule has 6 heteroatoms. The molecular weight excluding hydrogens is 400 g/mol. The van der Waals surface area contributed by atoms with Crippen LogP contribution < -0.4 is 10.2 Å². The lowest BCUT2D eigenvalue weighted by Crippen LogP contribution is -2.41. The van der Waals surface area contributed by atoms with Crippen LogP contribution in [-0.2, 0) is 24.1 Å². The Morgan fingerprint density at radius 1 is 1.22 bits per heavy atom. The molecule has 1 aromatic carbocycles. The molecule has 0 unspecified atom stereocenters. The number of ether oxygens (including phenoxy) is 1.